The summed E-state index contributed by atoms with van der Waals surface area (Å²) < 4.78 is 26.0. The largest absolute Gasteiger partial charge is 0.377 e. The molecular formula is C15H18N4O4S. The van der Waals surface area contributed by atoms with Gasteiger partial charge in [0.25, 0.3) is 5.69 Å². The van der Waals surface area contributed by atoms with Gasteiger partial charge < -0.3 is 5.32 Å². The van der Waals surface area contributed by atoms with Crippen molar-refractivity contribution in [2.24, 2.45) is 0 Å². The molecule has 1 saturated heterocycles. The summed E-state index contributed by atoms with van der Waals surface area (Å²) in [5.41, 5.74) is 0.460. The van der Waals surface area contributed by atoms with Gasteiger partial charge in [0, 0.05) is 25.2 Å². The monoisotopic (exact) mass is 350 g/mol. The van der Waals surface area contributed by atoms with Crippen LogP contribution in [-0.2, 0) is 10.0 Å². The van der Waals surface area contributed by atoms with Crippen LogP contribution in [0.2, 0.25) is 0 Å². The third-order valence-corrected chi connectivity index (χ3v) is 6.84. The molecule has 0 unspecified atom stereocenters. The summed E-state index contributed by atoms with van der Waals surface area (Å²) in [6, 6.07) is 6.17. The van der Waals surface area contributed by atoms with Gasteiger partial charge in [0.1, 0.15) is 5.69 Å². The van der Waals surface area contributed by atoms with E-state index in [4.69, 9.17) is 5.26 Å². The first kappa shape index (κ1) is 16.7. The van der Waals surface area contributed by atoms with Gasteiger partial charge in [-0.3, -0.25) is 10.1 Å². The fourth-order valence-corrected chi connectivity index (χ4v) is 4.80. The minimum Gasteiger partial charge on any atom is -0.377 e. The second-order valence-corrected chi connectivity index (χ2v) is 8.38. The molecule has 0 radical (unpaired) electrons. The highest BCUT2D eigenvalue weighted by Gasteiger charge is 2.41. The second-order valence-electron chi connectivity index (χ2n) is 6.16. The predicted octanol–water partition coefficient (Wildman–Crippen LogP) is 1.83. The average molecular weight is 350 g/mol. The van der Waals surface area contributed by atoms with Crippen LogP contribution in [0, 0.1) is 21.4 Å². The molecule has 0 aromatic heterocycles. The fourth-order valence-electron chi connectivity index (χ4n) is 2.93. The molecule has 2 aliphatic rings. The summed E-state index contributed by atoms with van der Waals surface area (Å²) in [6.07, 6.45) is 2.70. The SMILES string of the molecule is N#Cc1ccc(NC2CCN(S(=O)(=O)C3CC3)CC2)c([N+](=O)[O-])c1. The van der Waals surface area contributed by atoms with Crippen molar-refractivity contribution in [2.75, 3.05) is 18.4 Å². The smallest absolute Gasteiger partial charge is 0.293 e. The summed E-state index contributed by atoms with van der Waals surface area (Å²) in [7, 11) is -3.15. The van der Waals surface area contributed by atoms with Gasteiger partial charge in [0.15, 0.2) is 0 Å². The van der Waals surface area contributed by atoms with E-state index < -0.39 is 14.9 Å². The molecule has 24 heavy (non-hydrogen) atoms. The Labute approximate surface area is 140 Å². The standard InChI is InChI=1S/C15H18N4O4S/c16-10-11-1-4-14(15(9-11)19(20)21)17-12-5-7-18(8-6-12)24(22,23)13-2-3-13/h1,4,9,12-13,17H,2-3,5-8H2. The highest BCUT2D eigenvalue weighted by Crippen LogP contribution is 2.33. The van der Waals surface area contributed by atoms with Gasteiger partial charge in [0.05, 0.1) is 21.8 Å². The van der Waals surface area contributed by atoms with Crippen molar-refractivity contribution in [3.8, 4) is 6.07 Å². The number of hydrogen-bond donors (Lipinski definition) is 1. The molecule has 9 heteroatoms. The first-order valence-electron chi connectivity index (χ1n) is 7.86. The van der Waals surface area contributed by atoms with Crippen molar-refractivity contribution in [2.45, 2.75) is 37.0 Å². The maximum Gasteiger partial charge on any atom is 0.293 e. The van der Waals surface area contributed by atoms with Crippen LogP contribution in [0.5, 0.6) is 0 Å². The third-order valence-electron chi connectivity index (χ3n) is 4.44. The number of nitro benzene ring substituents is 1. The quantitative estimate of drug-likeness (QED) is 0.640. The molecule has 8 nitrogen and oxygen atoms in total. The van der Waals surface area contributed by atoms with E-state index in [9.17, 15) is 18.5 Å². The van der Waals surface area contributed by atoms with Gasteiger partial charge in [-0.25, -0.2) is 12.7 Å². The highest BCUT2D eigenvalue weighted by molar-refractivity contribution is 7.90. The Morgan fingerprint density at radius 2 is 1.92 bits per heavy atom. The molecule has 3 rings (SSSR count). The van der Waals surface area contributed by atoms with E-state index in [-0.39, 0.29) is 22.5 Å². The second kappa shape index (κ2) is 6.37. The zero-order chi connectivity index (χ0) is 17.3. The van der Waals surface area contributed by atoms with Gasteiger partial charge >= 0.3 is 0 Å². The third kappa shape index (κ3) is 3.34. The molecule has 1 N–H and O–H groups in total. The Bertz CT molecular complexity index is 790. The van der Waals surface area contributed by atoms with Crippen molar-refractivity contribution < 1.29 is 13.3 Å². The Balaban J connectivity index is 1.66. The van der Waals surface area contributed by atoms with Crippen molar-refractivity contribution in [3.63, 3.8) is 0 Å². The Kier molecular flexibility index (Phi) is 4.43. The molecule has 1 aromatic rings. The van der Waals surface area contributed by atoms with E-state index in [1.54, 1.807) is 0 Å². The van der Waals surface area contributed by atoms with Gasteiger partial charge in [0.2, 0.25) is 10.0 Å². The van der Waals surface area contributed by atoms with Crippen LogP contribution in [0.1, 0.15) is 31.2 Å². The highest BCUT2D eigenvalue weighted by atomic mass is 32.2. The molecule has 0 bridgehead atoms. The number of anilines is 1. The molecule has 0 spiro atoms. The fraction of sp³-hybridized carbons (Fsp3) is 0.533. The Morgan fingerprint density at radius 1 is 1.25 bits per heavy atom. The first-order valence-corrected chi connectivity index (χ1v) is 9.36. The van der Waals surface area contributed by atoms with Crippen LogP contribution in [0.3, 0.4) is 0 Å². The van der Waals surface area contributed by atoms with E-state index in [1.807, 2.05) is 6.07 Å². The Morgan fingerprint density at radius 3 is 2.46 bits per heavy atom. The van der Waals surface area contributed by atoms with Crippen LogP contribution < -0.4 is 5.32 Å². The van der Waals surface area contributed by atoms with Gasteiger partial charge in [-0.15, -0.1) is 0 Å². The van der Waals surface area contributed by atoms with E-state index in [1.165, 1.54) is 22.5 Å². The predicted molar refractivity (Wildman–Crippen MR) is 88.0 cm³/mol. The van der Waals surface area contributed by atoms with Crippen molar-refractivity contribution in [1.82, 2.24) is 4.31 Å². The number of rotatable bonds is 5. The van der Waals surface area contributed by atoms with Gasteiger partial charge in [-0.1, -0.05) is 0 Å². The van der Waals surface area contributed by atoms with Crippen LogP contribution in [-0.4, -0.2) is 42.0 Å². The number of piperidine rings is 1. The number of benzene rings is 1. The number of nitrogens with one attached hydrogen (secondary N) is 1. The molecule has 1 aliphatic heterocycles. The minimum absolute atomic E-state index is 0.0257. The van der Waals surface area contributed by atoms with Crippen molar-refractivity contribution in [3.05, 3.63) is 33.9 Å². The summed E-state index contributed by atoms with van der Waals surface area (Å²) in [5, 5.41) is 22.9. The van der Waals surface area contributed by atoms with Crippen LogP contribution in [0.25, 0.3) is 0 Å². The van der Waals surface area contributed by atoms with E-state index in [0.717, 1.165) is 12.8 Å². The average Bonchev–Trinajstić information content (AvgIpc) is 3.41. The summed E-state index contributed by atoms with van der Waals surface area (Å²) in [4.78, 5) is 10.6. The van der Waals surface area contributed by atoms with Crippen LogP contribution in [0.15, 0.2) is 18.2 Å². The van der Waals surface area contributed by atoms with Crippen molar-refractivity contribution in [1.29, 1.82) is 5.26 Å². The Hall–Kier alpha value is -2.18. The molecule has 1 aliphatic carbocycles. The zero-order valence-corrected chi connectivity index (χ0v) is 13.8. The zero-order valence-electron chi connectivity index (χ0n) is 13.0. The molecule has 128 valence electrons. The number of nitrogens with zero attached hydrogens (tertiary/aromatic N) is 3. The van der Waals surface area contributed by atoms with Crippen molar-refractivity contribution >= 4 is 21.4 Å². The maximum absolute atomic E-state index is 12.2. The maximum atomic E-state index is 12.2. The number of sulfonamides is 1. The van der Waals surface area contributed by atoms with Gasteiger partial charge in [-0.2, -0.15) is 5.26 Å². The summed E-state index contributed by atoms with van der Waals surface area (Å²) >= 11 is 0. The molecular weight excluding hydrogens is 332 g/mol. The molecule has 1 saturated carbocycles. The summed E-state index contributed by atoms with van der Waals surface area (Å²) in [6.45, 7) is 0.862. The van der Waals surface area contributed by atoms with Crippen LogP contribution in [0.4, 0.5) is 11.4 Å². The normalized spacial score (nSPS) is 19.6. The van der Waals surface area contributed by atoms with E-state index in [2.05, 4.69) is 5.32 Å². The topological polar surface area (TPSA) is 116 Å². The number of nitriles is 1. The number of nitro groups is 1. The van der Waals surface area contributed by atoms with Gasteiger partial charge in [-0.05, 0) is 37.8 Å². The lowest BCUT2D eigenvalue weighted by Crippen LogP contribution is -2.43. The lowest BCUT2D eigenvalue weighted by atomic mass is 10.1. The van der Waals surface area contributed by atoms with E-state index >= 15 is 0 Å². The molecule has 1 heterocycles. The minimum atomic E-state index is -3.15. The first-order chi connectivity index (χ1) is 11.4. The molecule has 1 aromatic carbocycles. The lowest BCUT2D eigenvalue weighted by Gasteiger charge is -2.32. The molecule has 0 atom stereocenters. The van der Waals surface area contributed by atoms with Crippen LogP contribution >= 0.6 is 0 Å². The lowest BCUT2D eigenvalue weighted by molar-refractivity contribution is -0.384. The summed E-state index contributed by atoms with van der Waals surface area (Å²) in [5.74, 6) is 0. The number of hydrogen-bond acceptors (Lipinski definition) is 6. The van der Waals surface area contributed by atoms with E-state index in [0.29, 0.717) is 31.6 Å². The molecule has 2 fully saturated rings. The molecule has 0 amide bonds.